The Labute approximate surface area is 85.4 Å². The van der Waals surface area contributed by atoms with Crippen molar-refractivity contribution >= 4 is 9.52 Å². The highest BCUT2D eigenvalue weighted by atomic mass is 28.2. The molecule has 0 radical (unpaired) electrons. The van der Waals surface area contributed by atoms with Crippen molar-refractivity contribution in [1.29, 1.82) is 0 Å². The molecular formula is C10H24N2Si. The Balaban J connectivity index is 4.28. The topological polar surface area (TPSA) is 6.48 Å². The molecule has 0 rings (SSSR count). The normalized spacial score (nSPS) is 15.2. The second-order valence-electron chi connectivity index (χ2n) is 4.48. The minimum absolute atomic E-state index is 0.140. The van der Waals surface area contributed by atoms with Crippen LogP contribution in [-0.2, 0) is 0 Å². The van der Waals surface area contributed by atoms with Crippen molar-refractivity contribution in [2.75, 3.05) is 28.2 Å². The maximum atomic E-state index is 4.02. The summed E-state index contributed by atoms with van der Waals surface area (Å²) in [5.41, 5.74) is 0.766. The molecule has 1 atom stereocenters. The lowest BCUT2D eigenvalue weighted by atomic mass is 10.3. The second kappa shape index (κ2) is 5.57. The van der Waals surface area contributed by atoms with Gasteiger partial charge in [0.15, 0.2) is 0 Å². The molecule has 0 saturated heterocycles. The molecule has 0 aromatic rings. The average Bonchev–Trinajstić information content (AvgIpc) is 1.81. The summed E-state index contributed by atoms with van der Waals surface area (Å²) in [6, 6.07) is 0. The summed E-state index contributed by atoms with van der Waals surface area (Å²) in [6.07, 6.45) is 0.559. The van der Waals surface area contributed by atoms with Crippen molar-refractivity contribution < 1.29 is 0 Å². The first-order chi connectivity index (χ1) is 5.86. The number of hydrogen-bond donors (Lipinski definition) is 0. The summed E-state index contributed by atoms with van der Waals surface area (Å²) in [5, 5.41) is 1.40. The Morgan fingerprint density at radius 2 is 1.54 bits per heavy atom. The monoisotopic (exact) mass is 200 g/mol. The summed E-state index contributed by atoms with van der Waals surface area (Å²) in [4.78, 5) is 4.58. The van der Waals surface area contributed by atoms with Crippen molar-refractivity contribution in [3.8, 4) is 0 Å². The van der Waals surface area contributed by atoms with Crippen LogP contribution in [0.2, 0.25) is 5.54 Å². The van der Waals surface area contributed by atoms with E-state index in [4.69, 9.17) is 0 Å². The fraction of sp³-hybridized carbons (Fsp3) is 0.800. The smallest absolute Gasteiger partial charge is 0.0612 e. The molecule has 13 heavy (non-hydrogen) atoms. The highest BCUT2D eigenvalue weighted by Crippen LogP contribution is 2.17. The van der Waals surface area contributed by atoms with E-state index in [0.29, 0.717) is 6.17 Å². The molecule has 0 aromatic heterocycles. The van der Waals surface area contributed by atoms with Crippen molar-refractivity contribution in [1.82, 2.24) is 9.80 Å². The number of allylic oxidation sites excluding steroid dienone is 1. The van der Waals surface area contributed by atoms with Gasteiger partial charge in [-0.3, -0.25) is 9.80 Å². The van der Waals surface area contributed by atoms with Crippen LogP contribution in [0.25, 0.3) is 0 Å². The largest absolute Gasteiger partial charge is 0.294 e. The minimum atomic E-state index is -0.140. The van der Waals surface area contributed by atoms with Crippen LogP contribution < -0.4 is 0 Å². The van der Waals surface area contributed by atoms with Crippen molar-refractivity contribution in [3.05, 3.63) is 11.8 Å². The van der Waals surface area contributed by atoms with Gasteiger partial charge in [-0.2, -0.15) is 0 Å². The lowest BCUT2D eigenvalue weighted by molar-refractivity contribution is 0.125. The highest BCUT2D eigenvalue weighted by Gasteiger charge is 2.21. The van der Waals surface area contributed by atoms with Gasteiger partial charge >= 0.3 is 0 Å². The van der Waals surface area contributed by atoms with Crippen LogP contribution in [0.15, 0.2) is 11.8 Å². The van der Waals surface area contributed by atoms with E-state index in [1.807, 2.05) is 0 Å². The Kier molecular flexibility index (Phi) is 5.52. The molecule has 0 aromatic carbocycles. The fourth-order valence-electron chi connectivity index (χ4n) is 2.13. The minimum Gasteiger partial charge on any atom is -0.294 e. The van der Waals surface area contributed by atoms with Crippen molar-refractivity contribution in [2.24, 2.45) is 0 Å². The van der Waals surface area contributed by atoms with E-state index < -0.39 is 0 Å². The first-order valence-electron chi connectivity index (χ1n) is 4.83. The first-order valence-corrected chi connectivity index (χ1v) is 6.35. The van der Waals surface area contributed by atoms with Gasteiger partial charge in [0.1, 0.15) is 0 Å². The fourth-order valence-corrected chi connectivity index (χ4v) is 4.29. The van der Waals surface area contributed by atoms with Crippen LogP contribution in [0.3, 0.4) is 0 Å². The van der Waals surface area contributed by atoms with Crippen LogP contribution in [0, 0.1) is 0 Å². The zero-order valence-corrected chi connectivity index (χ0v) is 11.4. The van der Waals surface area contributed by atoms with Gasteiger partial charge in [-0.05, 0) is 40.7 Å². The molecule has 0 amide bonds. The Hall–Kier alpha value is -0.123. The van der Waals surface area contributed by atoms with Crippen molar-refractivity contribution in [2.45, 2.75) is 25.6 Å². The Morgan fingerprint density at radius 1 is 1.15 bits per heavy atom. The summed E-state index contributed by atoms with van der Waals surface area (Å²) in [5.74, 6) is 0. The lowest BCUT2D eigenvalue weighted by Gasteiger charge is -2.35. The van der Waals surface area contributed by atoms with Gasteiger partial charge in [0, 0.05) is 0 Å². The molecule has 1 unspecified atom stereocenters. The number of rotatable bonds is 5. The van der Waals surface area contributed by atoms with Gasteiger partial charge < -0.3 is 0 Å². The molecule has 0 fully saturated rings. The molecule has 0 spiro atoms. The zero-order chi connectivity index (χ0) is 10.6. The quantitative estimate of drug-likeness (QED) is 0.481. The summed E-state index contributed by atoms with van der Waals surface area (Å²) >= 11 is 0. The summed E-state index contributed by atoms with van der Waals surface area (Å²) in [6.45, 7) is 8.52. The van der Waals surface area contributed by atoms with Gasteiger partial charge in [-0.25, -0.2) is 0 Å². The van der Waals surface area contributed by atoms with E-state index in [9.17, 15) is 0 Å². The van der Waals surface area contributed by atoms with E-state index >= 15 is 0 Å². The van der Waals surface area contributed by atoms with Gasteiger partial charge in [0.2, 0.25) is 0 Å². The highest BCUT2D eigenvalue weighted by molar-refractivity contribution is 6.46. The summed E-state index contributed by atoms with van der Waals surface area (Å²) < 4.78 is 0. The molecule has 3 heteroatoms. The standard InChI is InChI=1S/C10H24N2Si/c1-8(2)13-9(3)10(11(4)5)12(6)7/h9-10H,1,13H2,2-7H3. The predicted molar refractivity (Wildman–Crippen MR) is 63.9 cm³/mol. The molecule has 0 N–H and O–H groups in total. The predicted octanol–water partition coefficient (Wildman–Crippen LogP) is 0.946. The van der Waals surface area contributed by atoms with Gasteiger partial charge in [-0.1, -0.05) is 12.1 Å². The van der Waals surface area contributed by atoms with Crippen LogP contribution in [-0.4, -0.2) is 53.7 Å². The van der Waals surface area contributed by atoms with Gasteiger partial charge in [0.25, 0.3) is 0 Å². The molecule has 2 nitrogen and oxygen atoms in total. The van der Waals surface area contributed by atoms with E-state index in [2.05, 4.69) is 58.4 Å². The zero-order valence-electron chi connectivity index (χ0n) is 9.96. The van der Waals surface area contributed by atoms with E-state index in [0.717, 1.165) is 5.54 Å². The third-order valence-corrected chi connectivity index (χ3v) is 4.00. The molecular weight excluding hydrogens is 176 g/mol. The molecule has 0 aliphatic carbocycles. The average molecular weight is 200 g/mol. The Bertz CT molecular complexity index is 158. The third kappa shape index (κ3) is 4.60. The number of hydrogen-bond acceptors (Lipinski definition) is 2. The molecule has 0 bridgehead atoms. The SMILES string of the molecule is C=C(C)[SiH2]C(C)C(N(C)C)N(C)C. The maximum Gasteiger partial charge on any atom is 0.0612 e. The molecule has 0 saturated carbocycles. The second-order valence-corrected chi connectivity index (χ2v) is 7.38. The van der Waals surface area contributed by atoms with Gasteiger partial charge in [0.05, 0.1) is 15.7 Å². The van der Waals surface area contributed by atoms with Crippen molar-refractivity contribution in [3.63, 3.8) is 0 Å². The van der Waals surface area contributed by atoms with Gasteiger partial charge in [-0.15, -0.1) is 6.58 Å². The van der Waals surface area contributed by atoms with E-state index in [-0.39, 0.29) is 9.52 Å². The molecule has 0 heterocycles. The molecule has 78 valence electrons. The third-order valence-electron chi connectivity index (χ3n) is 2.24. The van der Waals surface area contributed by atoms with Crippen LogP contribution in [0.5, 0.6) is 0 Å². The summed E-state index contributed by atoms with van der Waals surface area (Å²) in [7, 11) is 8.45. The number of nitrogens with zero attached hydrogens (tertiary/aromatic N) is 2. The molecule has 0 aliphatic rings. The van der Waals surface area contributed by atoms with Crippen LogP contribution >= 0.6 is 0 Å². The first kappa shape index (κ1) is 12.9. The maximum absolute atomic E-state index is 4.02. The Morgan fingerprint density at radius 3 is 1.77 bits per heavy atom. The van der Waals surface area contributed by atoms with E-state index in [1.54, 1.807) is 0 Å². The lowest BCUT2D eigenvalue weighted by Crippen LogP contribution is -2.44. The van der Waals surface area contributed by atoms with Crippen LogP contribution in [0.4, 0.5) is 0 Å². The van der Waals surface area contributed by atoms with Crippen LogP contribution in [0.1, 0.15) is 13.8 Å². The molecule has 0 aliphatic heterocycles. The van der Waals surface area contributed by atoms with E-state index in [1.165, 1.54) is 5.20 Å².